The predicted octanol–water partition coefficient (Wildman–Crippen LogP) is 4.37. The van der Waals surface area contributed by atoms with E-state index < -0.39 is 6.23 Å². The van der Waals surface area contributed by atoms with Crippen LogP contribution in [0.25, 0.3) is 11.3 Å². The van der Waals surface area contributed by atoms with Gasteiger partial charge in [-0.25, -0.2) is 0 Å². The number of hydrogen-bond acceptors (Lipinski definition) is 7. The number of fused-ring (bicyclic) bond motifs is 3. The average Bonchev–Trinajstić information content (AvgIpc) is 2.87. The van der Waals surface area contributed by atoms with Crippen molar-refractivity contribution in [3.05, 3.63) is 53.1 Å². The van der Waals surface area contributed by atoms with Crippen molar-refractivity contribution in [1.82, 2.24) is 15.2 Å². The molecule has 9 heteroatoms. The van der Waals surface area contributed by atoms with Gasteiger partial charge in [-0.05, 0) is 30.5 Å². The van der Waals surface area contributed by atoms with Crippen LogP contribution in [0.4, 0.5) is 5.69 Å². The molecule has 0 aliphatic carbocycles. The number of nitrogens with zero attached hydrogens (tertiary/aromatic N) is 4. The number of halogens is 1. The summed E-state index contributed by atoms with van der Waals surface area (Å²) in [6, 6.07) is 12.6. The molecule has 0 spiro atoms. The largest absolute Gasteiger partial charge is 0.496 e. The van der Waals surface area contributed by atoms with Crippen LogP contribution in [0.5, 0.6) is 11.6 Å². The van der Waals surface area contributed by atoms with E-state index in [0.717, 1.165) is 0 Å². The third-order valence-corrected chi connectivity index (χ3v) is 5.26. The van der Waals surface area contributed by atoms with Crippen LogP contribution < -0.4 is 14.4 Å². The lowest BCUT2D eigenvalue weighted by atomic mass is 10.1. The molecule has 1 aromatic heterocycles. The fourth-order valence-electron chi connectivity index (χ4n) is 3.24. The molecule has 2 heterocycles. The topological polar surface area (TPSA) is 77.4 Å². The molecule has 0 radical (unpaired) electrons. The van der Waals surface area contributed by atoms with Crippen LogP contribution in [0.3, 0.4) is 0 Å². The summed E-state index contributed by atoms with van der Waals surface area (Å²) < 4.78 is 11.8. The van der Waals surface area contributed by atoms with Gasteiger partial charge in [0.2, 0.25) is 23.2 Å². The van der Waals surface area contributed by atoms with Crippen LogP contribution in [0, 0.1) is 0 Å². The first kappa shape index (κ1) is 19.5. The fraction of sp³-hybridized carbons (Fsp3) is 0.200. The number of amides is 1. The summed E-state index contributed by atoms with van der Waals surface area (Å²) in [5.74, 6) is 0.613. The molecule has 0 fully saturated rings. The third-order valence-electron chi connectivity index (χ3n) is 4.49. The summed E-state index contributed by atoms with van der Waals surface area (Å²) in [7, 11) is 1.55. The van der Waals surface area contributed by atoms with E-state index in [1.165, 1.54) is 18.7 Å². The molecule has 29 heavy (non-hydrogen) atoms. The number of rotatable bonds is 3. The standard InChI is InChI=1S/C20H17ClN4O3S/c1-11(26)25-15-7-5-4-6-13(15)17-18(22-20(29-3)24-23-17)28-19(25)14-10-12(21)8-9-16(14)27-2/h4-10,19H,1-3H3. The molecule has 1 aliphatic heterocycles. The number of benzene rings is 2. The van der Waals surface area contributed by atoms with Crippen molar-refractivity contribution in [2.75, 3.05) is 18.3 Å². The molecule has 0 bridgehead atoms. The molecule has 148 valence electrons. The van der Waals surface area contributed by atoms with E-state index >= 15 is 0 Å². The van der Waals surface area contributed by atoms with E-state index in [0.29, 0.717) is 38.4 Å². The number of aromatic nitrogens is 3. The summed E-state index contributed by atoms with van der Waals surface area (Å²) in [6.07, 6.45) is 1.00. The monoisotopic (exact) mass is 428 g/mol. The zero-order valence-electron chi connectivity index (χ0n) is 15.9. The maximum atomic E-state index is 12.8. The van der Waals surface area contributed by atoms with Crippen LogP contribution in [0.15, 0.2) is 47.6 Å². The molecule has 4 rings (SSSR count). The van der Waals surface area contributed by atoms with Gasteiger partial charge in [0.15, 0.2) is 5.69 Å². The minimum absolute atomic E-state index is 0.213. The molecule has 0 saturated heterocycles. The number of carbonyl (C=O) groups is 1. The summed E-state index contributed by atoms with van der Waals surface area (Å²) in [5.41, 5.74) is 2.41. The number of ether oxygens (including phenoxy) is 2. The second-order valence-corrected chi connectivity index (χ2v) is 7.42. The fourth-order valence-corrected chi connectivity index (χ4v) is 3.72. The summed E-state index contributed by atoms with van der Waals surface area (Å²) in [6.45, 7) is 1.48. The molecule has 1 aliphatic rings. The van der Waals surface area contributed by atoms with Crippen LogP contribution in [-0.4, -0.2) is 34.5 Å². The number of anilines is 1. The van der Waals surface area contributed by atoms with Crippen molar-refractivity contribution in [2.24, 2.45) is 0 Å². The summed E-state index contributed by atoms with van der Waals surface area (Å²) >= 11 is 7.61. The normalized spacial score (nSPS) is 15.0. The molecule has 1 amide bonds. The van der Waals surface area contributed by atoms with Crippen LogP contribution in [0.1, 0.15) is 18.7 Å². The van der Waals surface area contributed by atoms with Gasteiger partial charge in [0, 0.05) is 17.5 Å². The first-order valence-corrected chi connectivity index (χ1v) is 10.3. The van der Waals surface area contributed by atoms with Crippen molar-refractivity contribution in [2.45, 2.75) is 18.3 Å². The minimum Gasteiger partial charge on any atom is -0.496 e. The molecule has 1 atom stereocenters. The minimum atomic E-state index is -0.852. The smallest absolute Gasteiger partial charge is 0.247 e. The molecule has 3 aromatic rings. The number of methoxy groups -OCH3 is 1. The Morgan fingerprint density at radius 1 is 1.24 bits per heavy atom. The Morgan fingerprint density at radius 3 is 2.76 bits per heavy atom. The van der Waals surface area contributed by atoms with E-state index in [9.17, 15) is 4.79 Å². The first-order valence-electron chi connectivity index (χ1n) is 8.71. The van der Waals surface area contributed by atoms with Crippen molar-refractivity contribution in [3.8, 4) is 22.9 Å². The Morgan fingerprint density at radius 2 is 2.03 bits per heavy atom. The highest BCUT2D eigenvalue weighted by Gasteiger charge is 2.36. The van der Waals surface area contributed by atoms with Gasteiger partial charge in [-0.1, -0.05) is 41.6 Å². The molecular formula is C20H17ClN4O3S. The van der Waals surface area contributed by atoms with Gasteiger partial charge in [0.1, 0.15) is 5.75 Å². The van der Waals surface area contributed by atoms with Gasteiger partial charge >= 0.3 is 0 Å². The molecule has 1 unspecified atom stereocenters. The van der Waals surface area contributed by atoms with Gasteiger partial charge < -0.3 is 9.47 Å². The van der Waals surface area contributed by atoms with Crippen molar-refractivity contribution in [1.29, 1.82) is 0 Å². The summed E-state index contributed by atoms with van der Waals surface area (Å²) in [4.78, 5) is 18.8. The van der Waals surface area contributed by atoms with Gasteiger partial charge in [-0.3, -0.25) is 9.69 Å². The van der Waals surface area contributed by atoms with Crippen molar-refractivity contribution in [3.63, 3.8) is 0 Å². The Hall–Kier alpha value is -2.84. The maximum Gasteiger partial charge on any atom is 0.247 e. The highest BCUT2D eigenvalue weighted by atomic mass is 35.5. The molecule has 0 saturated carbocycles. The molecule has 0 N–H and O–H groups in total. The van der Waals surface area contributed by atoms with E-state index in [2.05, 4.69) is 15.2 Å². The second-order valence-electron chi connectivity index (χ2n) is 6.21. The zero-order chi connectivity index (χ0) is 20.5. The third kappa shape index (κ3) is 3.49. The van der Waals surface area contributed by atoms with Gasteiger partial charge in [0.25, 0.3) is 0 Å². The van der Waals surface area contributed by atoms with Crippen molar-refractivity contribution < 1.29 is 14.3 Å². The first-order chi connectivity index (χ1) is 14.0. The highest BCUT2D eigenvalue weighted by molar-refractivity contribution is 7.98. The van der Waals surface area contributed by atoms with E-state index in [1.54, 1.807) is 30.2 Å². The van der Waals surface area contributed by atoms with Crippen LogP contribution >= 0.6 is 23.4 Å². The zero-order valence-corrected chi connectivity index (χ0v) is 17.5. The Labute approximate surface area is 177 Å². The average molecular weight is 429 g/mol. The second kappa shape index (κ2) is 7.88. The number of thioether (sulfide) groups is 1. The Kier molecular flexibility index (Phi) is 5.29. The van der Waals surface area contributed by atoms with Gasteiger partial charge in [-0.15, -0.1) is 10.2 Å². The Bertz CT molecular complexity index is 1100. The molecule has 2 aromatic carbocycles. The van der Waals surface area contributed by atoms with E-state index in [4.69, 9.17) is 21.1 Å². The lowest BCUT2D eigenvalue weighted by molar-refractivity contribution is -0.118. The van der Waals surface area contributed by atoms with Crippen LogP contribution in [-0.2, 0) is 4.79 Å². The highest BCUT2D eigenvalue weighted by Crippen LogP contribution is 2.45. The Balaban J connectivity index is 2.01. The molecule has 7 nitrogen and oxygen atoms in total. The summed E-state index contributed by atoms with van der Waals surface area (Å²) in [5, 5.41) is 9.42. The lowest BCUT2D eigenvalue weighted by Crippen LogP contribution is -2.36. The van der Waals surface area contributed by atoms with Gasteiger partial charge in [-0.2, -0.15) is 4.98 Å². The SMILES string of the molecule is COc1ccc(Cl)cc1C1Oc2nc(SC)nnc2-c2ccccc2N1C(C)=O. The van der Waals surface area contributed by atoms with E-state index in [1.807, 2.05) is 30.5 Å². The number of para-hydroxylation sites is 1. The number of carbonyl (C=O) groups excluding carboxylic acids is 1. The predicted molar refractivity (Wildman–Crippen MR) is 112 cm³/mol. The number of hydrogen-bond donors (Lipinski definition) is 0. The van der Waals surface area contributed by atoms with E-state index in [-0.39, 0.29) is 11.8 Å². The quantitative estimate of drug-likeness (QED) is 0.573. The maximum absolute atomic E-state index is 12.8. The molecular weight excluding hydrogens is 412 g/mol. The lowest BCUT2D eigenvalue weighted by Gasteiger charge is -2.30. The van der Waals surface area contributed by atoms with Gasteiger partial charge in [0.05, 0.1) is 18.4 Å². The van der Waals surface area contributed by atoms with Crippen molar-refractivity contribution >= 4 is 35.0 Å². The van der Waals surface area contributed by atoms with Crippen LogP contribution in [0.2, 0.25) is 5.02 Å².